The van der Waals surface area contributed by atoms with Gasteiger partial charge in [0.05, 0.1) is 0 Å². The smallest absolute Gasteiger partial charge is 0.177 e. The molecule has 0 fully saturated rings. The maximum Gasteiger partial charge on any atom is 0.177 e. The Morgan fingerprint density at radius 1 is 1.10 bits per heavy atom. The molecule has 5 nitrogen and oxygen atoms in total. The van der Waals surface area contributed by atoms with Crippen LogP contribution in [-0.4, -0.2) is 23.1 Å². The Hall–Kier alpha value is -2.79. The van der Waals surface area contributed by atoms with Gasteiger partial charge in [-0.1, -0.05) is 0 Å². The number of benzene rings is 1. The van der Waals surface area contributed by atoms with Crippen LogP contribution in [0.3, 0.4) is 0 Å². The Morgan fingerprint density at radius 3 is 2.20 bits per heavy atom. The van der Waals surface area contributed by atoms with Gasteiger partial charge in [0.25, 0.3) is 0 Å². The van der Waals surface area contributed by atoms with Gasteiger partial charge in [0.15, 0.2) is 11.4 Å². The zero-order chi connectivity index (χ0) is 14.5. The number of imidazole rings is 1. The molecule has 0 spiro atoms. The van der Waals surface area contributed by atoms with Crippen LogP contribution in [0.15, 0.2) is 24.3 Å². The first-order valence-corrected chi connectivity index (χ1v) is 6.49. The highest BCUT2D eigenvalue weighted by atomic mass is 15.1. The molecule has 0 aliphatic carbocycles. The van der Waals surface area contributed by atoms with E-state index in [9.17, 15) is 0 Å². The number of nitrogens with zero attached hydrogens (tertiary/aromatic N) is 4. The molecule has 0 aliphatic rings. The fourth-order valence-electron chi connectivity index (χ4n) is 2.09. The Balaban J connectivity index is 2.33. The molecule has 0 saturated heterocycles. The maximum atomic E-state index is 8.91. The van der Waals surface area contributed by atoms with E-state index in [1.54, 1.807) is 0 Å². The number of nitriles is 2. The molecule has 5 heteroatoms. The van der Waals surface area contributed by atoms with E-state index in [1.165, 1.54) is 0 Å². The molecule has 1 aromatic carbocycles. The van der Waals surface area contributed by atoms with Crippen LogP contribution in [0.5, 0.6) is 0 Å². The molecule has 100 valence electrons. The predicted octanol–water partition coefficient (Wildman–Crippen LogP) is 2.67. The molecule has 0 aliphatic heterocycles. The monoisotopic (exact) mass is 265 g/mol. The Labute approximate surface area is 118 Å². The lowest BCUT2D eigenvalue weighted by Gasteiger charge is -2.20. The second-order valence-corrected chi connectivity index (χ2v) is 4.25. The zero-order valence-corrected chi connectivity index (χ0v) is 11.5. The molecule has 0 saturated carbocycles. The van der Waals surface area contributed by atoms with E-state index < -0.39 is 0 Å². The van der Waals surface area contributed by atoms with Crippen LogP contribution in [0, 0.1) is 22.7 Å². The highest BCUT2D eigenvalue weighted by molar-refractivity contribution is 5.62. The Bertz CT molecular complexity index is 634. The number of aromatic amines is 1. The normalized spacial score (nSPS) is 9.80. The van der Waals surface area contributed by atoms with Crippen molar-refractivity contribution < 1.29 is 0 Å². The van der Waals surface area contributed by atoms with E-state index in [-0.39, 0.29) is 11.4 Å². The van der Waals surface area contributed by atoms with Gasteiger partial charge in [-0.05, 0) is 38.1 Å². The van der Waals surface area contributed by atoms with Crippen molar-refractivity contribution in [2.45, 2.75) is 13.8 Å². The number of rotatable bonds is 4. The lowest BCUT2D eigenvalue weighted by Crippen LogP contribution is -2.21. The van der Waals surface area contributed by atoms with E-state index in [1.807, 2.05) is 36.4 Å². The van der Waals surface area contributed by atoms with Gasteiger partial charge in [-0.3, -0.25) is 0 Å². The van der Waals surface area contributed by atoms with Crippen LogP contribution in [0.2, 0.25) is 0 Å². The summed E-state index contributed by atoms with van der Waals surface area (Å²) < 4.78 is 0. The molecule has 0 bridgehead atoms. The number of hydrogen-bond acceptors (Lipinski definition) is 4. The van der Waals surface area contributed by atoms with Crippen LogP contribution in [-0.2, 0) is 0 Å². The second kappa shape index (κ2) is 5.90. The van der Waals surface area contributed by atoms with Gasteiger partial charge in [-0.25, -0.2) is 4.98 Å². The number of H-pyrrole nitrogens is 1. The van der Waals surface area contributed by atoms with Crippen molar-refractivity contribution in [3.05, 3.63) is 35.7 Å². The average Bonchev–Trinajstić information content (AvgIpc) is 2.92. The number of anilines is 1. The van der Waals surface area contributed by atoms with E-state index in [4.69, 9.17) is 10.5 Å². The van der Waals surface area contributed by atoms with E-state index >= 15 is 0 Å². The molecule has 0 amide bonds. The number of hydrogen-bond donors (Lipinski definition) is 1. The van der Waals surface area contributed by atoms with Gasteiger partial charge < -0.3 is 9.88 Å². The Morgan fingerprint density at radius 2 is 1.75 bits per heavy atom. The van der Waals surface area contributed by atoms with Crippen LogP contribution in [0.1, 0.15) is 25.2 Å². The lowest BCUT2D eigenvalue weighted by molar-refractivity contribution is 0.866. The molecule has 1 aromatic heterocycles. The molecule has 2 rings (SSSR count). The maximum absolute atomic E-state index is 8.91. The summed E-state index contributed by atoms with van der Waals surface area (Å²) in [5, 5.41) is 17.8. The van der Waals surface area contributed by atoms with E-state index in [0.29, 0.717) is 5.82 Å². The van der Waals surface area contributed by atoms with Crippen molar-refractivity contribution in [2.24, 2.45) is 0 Å². The summed E-state index contributed by atoms with van der Waals surface area (Å²) in [5.41, 5.74) is 2.34. The third-order valence-electron chi connectivity index (χ3n) is 3.19. The topological polar surface area (TPSA) is 79.5 Å². The summed E-state index contributed by atoms with van der Waals surface area (Å²) in [7, 11) is 0. The minimum absolute atomic E-state index is 0.135. The second-order valence-electron chi connectivity index (χ2n) is 4.25. The molecule has 20 heavy (non-hydrogen) atoms. The third kappa shape index (κ3) is 2.48. The Kier molecular flexibility index (Phi) is 4.02. The molecule has 0 unspecified atom stereocenters. The number of nitrogens with one attached hydrogen (secondary N) is 1. The summed E-state index contributed by atoms with van der Waals surface area (Å²) in [6.45, 7) is 6.13. The summed E-state index contributed by atoms with van der Waals surface area (Å²) in [5.74, 6) is 0.546. The van der Waals surface area contributed by atoms with Gasteiger partial charge in [-0.2, -0.15) is 10.5 Å². The lowest BCUT2D eigenvalue weighted by atomic mass is 10.2. The first-order valence-electron chi connectivity index (χ1n) is 6.49. The van der Waals surface area contributed by atoms with Crippen molar-refractivity contribution in [3.8, 4) is 23.5 Å². The first-order chi connectivity index (χ1) is 9.73. The SMILES string of the molecule is CCN(CC)c1ccc(-c2nc(C#N)c(C#N)[nH]2)cc1. The fourth-order valence-corrected chi connectivity index (χ4v) is 2.09. The summed E-state index contributed by atoms with van der Waals surface area (Å²) in [4.78, 5) is 9.24. The quantitative estimate of drug-likeness (QED) is 0.921. The standard InChI is InChI=1S/C15H15N5/c1-3-20(4-2)12-7-5-11(6-8-12)15-18-13(9-16)14(10-17)19-15/h5-8H,3-4H2,1-2H3,(H,18,19). The minimum Gasteiger partial charge on any atom is -0.372 e. The van der Waals surface area contributed by atoms with Crippen LogP contribution < -0.4 is 4.90 Å². The van der Waals surface area contributed by atoms with E-state index in [2.05, 4.69) is 28.7 Å². The van der Waals surface area contributed by atoms with Crippen molar-refractivity contribution in [2.75, 3.05) is 18.0 Å². The zero-order valence-electron chi connectivity index (χ0n) is 11.5. The average molecular weight is 265 g/mol. The van der Waals surface area contributed by atoms with Gasteiger partial charge in [0.2, 0.25) is 0 Å². The minimum atomic E-state index is 0.135. The van der Waals surface area contributed by atoms with E-state index in [0.717, 1.165) is 24.3 Å². The predicted molar refractivity (Wildman–Crippen MR) is 77.0 cm³/mol. The summed E-state index contributed by atoms with van der Waals surface area (Å²) in [6.07, 6.45) is 0. The van der Waals surface area contributed by atoms with Crippen molar-refractivity contribution >= 4 is 5.69 Å². The summed E-state index contributed by atoms with van der Waals surface area (Å²) >= 11 is 0. The largest absolute Gasteiger partial charge is 0.372 e. The molecule has 1 N–H and O–H groups in total. The van der Waals surface area contributed by atoms with Gasteiger partial charge in [-0.15, -0.1) is 0 Å². The molecule has 1 heterocycles. The number of aromatic nitrogens is 2. The molecular weight excluding hydrogens is 250 g/mol. The van der Waals surface area contributed by atoms with Crippen LogP contribution in [0.25, 0.3) is 11.4 Å². The summed E-state index contributed by atoms with van der Waals surface area (Å²) in [6, 6.07) is 11.8. The highest BCUT2D eigenvalue weighted by Crippen LogP contribution is 2.22. The molecular formula is C15H15N5. The van der Waals surface area contributed by atoms with Crippen molar-refractivity contribution in [3.63, 3.8) is 0 Å². The van der Waals surface area contributed by atoms with Gasteiger partial charge in [0, 0.05) is 24.3 Å². The molecule has 2 aromatic rings. The van der Waals surface area contributed by atoms with Crippen LogP contribution in [0.4, 0.5) is 5.69 Å². The third-order valence-corrected chi connectivity index (χ3v) is 3.19. The van der Waals surface area contributed by atoms with Gasteiger partial charge >= 0.3 is 0 Å². The fraction of sp³-hybridized carbons (Fsp3) is 0.267. The van der Waals surface area contributed by atoms with Gasteiger partial charge in [0.1, 0.15) is 18.0 Å². The molecule has 0 atom stereocenters. The van der Waals surface area contributed by atoms with Crippen molar-refractivity contribution in [1.82, 2.24) is 9.97 Å². The van der Waals surface area contributed by atoms with Crippen LogP contribution >= 0.6 is 0 Å². The first kappa shape index (κ1) is 13.6. The molecule has 0 radical (unpaired) electrons. The highest BCUT2D eigenvalue weighted by Gasteiger charge is 2.11. The van der Waals surface area contributed by atoms with Crippen molar-refractivity contribution in [1.29, 1.82) is 10.5 Å².